The van der Waals surface area contributed by atoms with E-state index in [1.165, 1.54) is 0 Å². The number of hydrogen-bond donors (Lipinski definition) is 3. The van der Waals surface area contributed by atoms with Gasteiger partial charge in [-0.2, -0.15) is 0 Å². The molecule has 2 aromatic rings. The highest BCUT2D eigenvalue weighted by Crippen LogP contribution is 2.06. The third-order valence-electron chi connectivity index (χ3n) is 1.99. The molecule has 0 aliphatic carbocycles. The van der Waals surface area contributed by atoms with Crippen molar-refractivity contribution in [2.45, 2.75) is 20.0 Å². The molecule has 0 bridgehead atoms. The molecule has 0 unspecified atom stereocenters. The van der Waals surface area contributed by atoms with Crippen LogP contribution in [0.4, 0.5) is 6.01 Å². The average molecular weight is 255 g/mol. The number of nitrogens with one attached hydrogen (secondary N) is 3. The Kier molecular flexibility index (Phi) is 3.89. The third-order valence-corrected chi connectivity index (χ3v) is 2.71. The summed E-state index contributed by atoms with van der Waals surface area (Å²) in [5.41, 5.74) is 0.798. The summed E-state index contributed by atoms with van der Waals surface area (Å²) in [5, 5.41) is 15.5. The van der Waals surface area contributed by atoms with Crippen molar-refractivity contribution in [3.8, 4) is 0 Å². The van der Waals surface area contributed by atoms with Crippen molar-refractivity contribution in [2.24, 2.45) is 0 Å². The topological polar surface area (TPSA) is 95.8 Å². The summed E-state index contributed by atoms with van der Waals surface area (Å²) in [6.45, 7) is 3.87. The highest BCUT2D eigenvalue weighted by molar-refractivity contribution is 7.07. The van der Waals surface area contributed by atoms with Crippen molar-refractivity contribution in [2.75, 3.05) is 11.9 Å². The fraction of sp³-hybridized carbons (Fsp3) is 0.444. The van der Waals surface area contributed by atoms with E-state index in [0.717, 1.165) is 23.6 Å². The molecule has 0 amide bonds. The number of aromatic nitrogens is 3. The fourth-order valence-electron chi connectivity index (χ4n) is 1.20. The maximum Gasteiger partial charge on any atom is 0.315 e. The Balaban J connectivity index is 1.86. The largest absolute Gasteiger partial charge is 0.407 e. The lowest BCUT2D eigenvalue weighted by molar-refractivity contribution is 0.481. The monoisotopic (exact) mass is 255 g/mol. The quantitative estimate of drug-likeness (QED) is 0.697. The molecule has 0 aromatic carbocycles. The molecule has 2 aromatic heterocycles. The molecule has 0 atom stereocenters. The summed E-state index contributed by atoms with van der Waals surface area (Å²) in [5.74, 6) is 0.535. The number of anilines is 1. The first-order chi connectivity index (χ1) is 8.28. The molecule has 0 aliphatic rings. The maximum absolute atomic E-state index is 10.9. The number of thiazole rings is 1. The Morgan fingerprint density at radius 3 is 3.06 bits per heavy atom. The van der Waals surface area contributed by atoms with Crippen LogP contribution in [0.5, 0.6) is 0 Å². The zero-order valence-electron chi connectivity index (χ0n) is 9.32. The van der Waals surface area contributed by atoms with Gasteiger partial charge in [0.2, 0.25) is 5.89 Å². The van der Waals surface area contributed by atoms with Crippen molar-refractivity contribution in [3.63, 3.8) is 0 Å². The van der Waals surface area contributed by atoms with Gasteiger partial charge in [0, 0.05) is 11.1 Å². The van der Waals surface area contributed by atoms with Gasteiger partial charge in [0.05, 0.1) is 13.1 Å². The van der Waals surface area contributed by atoms with Crippen LogP contribution >= 0.6 is 11.3 Å². The highest BCUT2D eigenvalue weighted by atomic mass is 32.1. The van der Waals surface area contributed by atoms with Crippen LogP contribution in [0.3, 0.4) is 0 Å². The first-order valence-electron chi connectivity index (χ1n) is 5.21. The second-order valence-corrected chi connectivity index (χ2v) is 4.15. The third kappa shape index (κ3) is 3.40. The van der Waals surface area contributed by atoms with Gasteiger partial charge in [-0.15, -0.1) is 5.10 Å². The molecule has 0 aliphatic heterocycles. The van der Waals surface area contributed by atoms with Crippen LogP contribution in [0.15, 0.2) is 14.6 Å². The van der Waals surface area contributed by atoms with Gasteiger partial charge < -0.3 is 20.0 Å². The summed E-state index contributed by atoms with van der Waals surface area (Å²) < 4.78 is 5.33. The number of H-pyrrole nitrogens is 1. The second-order valence-electron chi connectivity index (χ2n) is 3.31. The van der Waals surface area contributed by atoms with Crippen LogP contribution in [0, 0.1) is 0 Å². The molecule has 7 nitrogen and oxygen atoms in total. The molecule has 0 fully saturated rings. The van der Waals surface area contributed by atoms with Crippen molar-refractivity contribution < 1.29 is 4.42 Å². The van der Waals surface area contributed by atoms with Crippen LogP contribution in [0.1, 0.15) is 18.5 Å². The van der Waals surface area contributed by atoms with Crippen LogP contribution < -0.4 is 15.5 Å². The summed E-state index contributed by atoms with van der Waals surface area (Å²) in [4.78, 5) is 13.5. The lowest BCUT2D eigenvalue weighted by atomic mass is 10.5. The van der Waals surface area contributed by atoms with E-state index in [-0.39, 0.29) is 4.87 Å². The number of aromatic amines is 1. The van der Waals surface area contributed by atoms with Gasteiger partial charge in [0.25, 0.3) is 0 Å². The van der Waals surface area contributed by atoms with Gasteiger partial charge in [0.1, 0.15) is 0 Å². The minimum Gasteiger partial charge on any atom is -0.407 e. The Morgan fingerprint density at radius 2 is 2.35 bits per heavy atom. The van der Waals surface area contributed by atoms with Crippen LogP contribution in [-0.2, 0) is 13.1 Å². The first kappa shape index (κ1) is 11.8. The summed E-state index contributed by atoms with van der Waals surface area (Å²) in [7, 11) is 0. The molecular weight excluding hydrogens is 242 g/mol. The molecule has 92 valence electrons. The fourth-order valence-corrected chi connectivity index (χ4v) is 1.78. The number of nitrogens with zero attached hydrogens (tertiary/aromatic N) is 2. The molecule has 2 heterocycles. The molecule has 0 spiro atoms. The van der Waals surface area contributed by atoms with Crippen molar-refractivity contribution in [3.05, 3.63) is 26.6 Å². The standard InChI is InChI=1S/C9H13N5O2S/c1-2-10-4-7-13-14-8(16-7)11-3-6-5-17-9(15)12-6/h5,10H,2-4H2,1H3,(H,11,14)(H,12,15). The molecule has 0 saturated carbocycles. The molecule has 0 saturated heterocycles. The second kappa shape index (κ2) is 5.60. The minimum absolute atomic E-state index is 0.0693. The maximum atomic E-state index is 10.9. The van der Waals surface area contributed by atoms with E-state index in [2.05, 4.69) is 25.8 Å². The Labute approximate surface area is 101 Å². The lowest BCUT2D eigenvalue weighted by Gasteiger charge is -1.97. The molecule has 17 heavy (non-hydrogen) atoms. The number of rotatable bonds is 6. The Morgan fingerprint density at radius 1 is 1.47 bits per heavy atom. The Hall–Kier alpha value is -1.67. The number of hydrogen-bond acceptors (Lipinski definition) is 7. The van der Waals surface area contributed by atoms with Crippen LogP contribution in [-0.4, -0.2) is 21.7 Å². The highest BCUT2D eigenvalue weighted by Gasteiger charge is 2.05. The van der Waals surface area contributed by atoms with E-state index < -0.39 is 0 Å². The smallest absolute Gasteiger partial charge is 0.315 e. The SMILES string of the molecule is CCNCc1nnc(NCc2csc(=O)[nH]2)o1. The van der Waals surface area contributed by atoms with E-state index in [1.54, 1.807) is 5.38 Å². The van der Waals surface area contributed by atoms with E-state index in [9.17, 15) is 4.79 Å². The molecule has 3 N–H and O–H groups in total. The van der Waals surface area contributed by atoms with E-state index in [4.69, 9.17) is 4.42 Å². The van der Waals surface area contributed by atoms with E-state index >= 15 is 0 Å². The lowest BCUT2D eigenvalue weighted by Crippen LogP contribution is -2.11. The molecule has 2 rings (SSSR count). The predicted molar refractivity (Wildman–Crippen MR) is 63.9 cm³/mol. The van der Waals surface area contributed by atoms with Gasteiger partial charge in [-0.3, -0.25) is 4.79 Å². The molecule has 8 heteroatoms. The summed E-state index contributed by atoms with van der Waals surface area (Å²) in [6.07, 6.45) is 0. The van der Waals surface area contributed by atoms with Gasteiger partial charge >= 0.3 is 10.9 Å². The average Bonchev–Trinajstić information content (AvgIpc) is 2.93. The zero-order valence-corrected chi connectivity index (χ0v) is 10.1. The van der Waals surface area contributed by atoms with E-state index in [1.807, 2.05) is 6.92 Å². The van der Waals surface area contributed by atoms with Crippen molar-refractivity contribution in [1.82, 2.24) is 20.5 Å². The van der Waals surface area contributed by atoms with Crippen molar-refractivity contribution >= 4 is 17.4 Å². The van der Waals surface area contributed by atoms with Crippen LogP contribution in [0.25, 0.3) is 0 Å². The van der Waals surface area contributed by atoms with Gasteiger partial charge in [-0.05, 0) is 6.54 Å². The zero-order chi connectivity index (χ0) is 12.1. The Bertz CT molecular complexity index is 517. The van der Waals surface area contributed by atoms with Gasteiger partial charge in [-0.25, -0.2) is 0 Å². The predicted octanol–water partition coefficient (Wildman–Crippen LogP) is 0.541. The first-order valence-corrected chi connectivity index (χ1v) is 6.09. The summed E-state index contributed by atoms with van der Waals surface area (Å²) >= 11 is 1.13. The minimum atomic E-state index is -0.0693. The van der Waals surface area contributed by atoms with Crippen LogP contribution in [0.2, 0.25) is 0 Å². The van der Waals surface area contributed by atoms with Crippen molar-refractivity contribution in [1.29, 1.82) is 0 Å². The molecule has 0 radical (unpaired) electrons. The molecular formula is C9H13N5O2S. The van der Waals surface area contributed by atoms with Gasteiger partial charge in [0.15, 0.2) is 0 Å². The van der Waals surface area contributed by atoms with Gasteiger partial charge in [-0.1, -0.05) is 23.4 Å². The van der Waals surface area contributed by atoms with E-state index in [0.29, 0.717) is 25.0 Å². The normalized spacial score (nSPS) is 10.6. The summed E-state index contributed by atoms with van der Waals surface area (Å²) in [6, 6.07) is 0.352.